The molecular weight excluding hydrogens is 514 g/mol. The number of nitrogens with one attached hydrogen (secondary N) is 2. The van der Waals surface area contributed by atoms with Crippen molar-refractivity contribution in [1.82, 2.24) is 24.7 Å². The van der Waals surface area contributed by atoms with Crippen molar-refractivity contribution >= 4 is 40.6 Å². The van der Waals surface area contributed by atoms with Gasteiger partial charge in [0.15, 0.2) is 0 Å². The first-order chi connectivity index (χ1) is 19.0. The largest absolute Gasteiger partial charge is 0.368 e. The molecule has 2 fully saturated rings. The number of carbonyl (C=O) groups excluding carboxylic acids is 3. The van der Waals surface area contributed by atoms with E-state index >= 15 is 0 Å². The van der Waals surface area contributed by atoms with Crippen LogP contribution in [0.2, 0.25) is 0 Å². The first-order valence-electron chi connectivity index (χ1n) is 13.3. The van der Waals surface area contributed by atoms with E-state index in [1.54, 1.807) is 25.1 Å². The van der Waals surface area contributed by atoms with Gasteiger partial charge in [-0.05, 0) is 68.2 Å². The summed E-state index contributed by atoms with van der Waals surface area (Å²) in [5, 5.41) is 10.4. The van der Waals surface area contributed by atoms with E-state index in [0.29, 0.717) is 66.7 Å². The van der Waals surface area contributed by atoms with E-state index in [2.05, 4.69) is 25.1 Å². The molecule has 5 rings (SSSR count). The second-order valence-corrected chi connectivity index (χ2v) is 10.5. The number of carbonyl (C=O) groups is 3. The number of nitrogens with zero attached hydrogens (tertiary/aromatic N) is 5. The lowest BCUT2D eigenvalue weighted by atomic mass is 10.1. The van der Waals surface area contributed by atoms with E-state index in [4.69, 9.17) is 0 Å². The first kappa shape index (κ1) is 26.8. The van der Waals surface area contributed by atoms with Crippen LogP contribution in [0.25, 0.3) is 0 Å². The maximum atomic E-state index is 13.4. The standard InChI is InChI=1S/C28H33N7O3S/c1-20-25(39-32-31-20)28(38)35-15-6-14-33(17-18-35)24-10-9-22(27(37)34-13-5-11-29-12-16-34)19-23(24)30-26(36)21-7-3-2-4-8-21/h2-4,7-10,19,29H,5-6,11-18H2,1H3,(H,30,36). The number of aromatic nitrogens is 2. The Bertz CT molecular complexity index is 1320. The minimum atomic E-state index is -0.236. The minimum absolute atomic E-state index is 0.0402. The summed E-state index contributed by atoms with van der Waals surface area (Å²) in [6, 6.07) is 14.6. The molecule has 0 spiro atoms. The zero-order valence-electron chi connectivity index (χ0n) is 22.1. The van der Waals surface area contributed by atoms with Gasteiger partial charge in [0, 0.05) is 56.9 Å². The summed E-state index contributed by atoms with van der Waals surface area (Å²) >= 11 is 1.13. The van der Waals surface area contributed by atoms with Crippen LogP contribution in [0.4, 0.5) is 11.4 Å². The SMILES string of the molecule is Cc1nnsc1C(=O)N1CCCN(c2ccc(C(=O)N3CCCNCC3)cc2NC(=O)c2ccccc2)CC1. The van der Waals surface area contributed by atoms with Crippen molar-refractivity contribution in [2.24, 2.45) is 0 Å². The highest BCUT2D eigenvalue weighted by atomic mass is 32.1. The summed E-state index contributed by atoms with van der Waals surface area (Å²) in [6.45, 7) is 7.27. The first-order valence-corrected chi connectivity index (χ1v) is 14.1. The third-order valence-corrected chi connectivity index (χ3v) is 7.94. The number of rotatable bonds is 5. The van der Waals surface area contributed by atoms with Crippen LogP contribution in [-0.2, 0) is 0 Å². The maximum Gasteiger partial charge on any atom is 0.267 e. The Morgan fingerprint density at radius 1 is 0.846 bits per heavy atom. The van der Waals surface area contributed by atoms with E-state index in [0.717, 1.165) is 43.2 Å². The molecule has 3 aromatic rings. The molecular formula is C28H33N7O3S. The molecule has 0 bridgehead atoms. The van der Waals surface area contributed by atoms with Crippen molar-refractivity contribution in [3.63, 3.8) is 0 Å². The van der Waals surface area contributed by atoms with Gasteiger partial charge in [-0.25, -0.2) is 0 Å². The average Bonchev–Trinajstić information content (AvgIpc) is 3.15. The predicted octanol–water partition coefficient (Wildman–Crippen LogP) is 2.89. The van der Waals surface area contributed by atoms with Crippen molar-refractivity contribution < 1.29 is 14.4 Å². The summed E-state index contributed by atoms with van der Waals surface area (Å²) in [5.41, 5.74) is 3.16. The molecule has 11 heteroatoms. The Morgan fingerprint density at radius 3 is 2.44 bits per heavy atom. The number of anilines is 2. The van der Waals surface area contributed by atoms with Crippen molar-refractivity contribution in [1.29, 1.82) is 0 Å². The van der Waals surface area contributed by atoms with Crippen LogP contribution in [-0.4, -0.2) is 89.5 Å². The second-order valence-electron chi connectivity index (χ2n) is 9.77. The normalized spacial score (nSPS) is 16.4. The van der Waals surface area contributed by atoms with Gasteiger partial charge < -0.3 is 25.3 Å². The summed E-state index contributed by atoms with van der Waals surface area (Å²) in [5.74, 6) is -0.323. The lowest BCUT2D eigenvalue weighted by Crippen LogP contribution is -2.35. The monoisotopic (exact) mass is 547 g/mol. The van der Waals surface area contributed by atoms with Crippen LogP contribution in [0.5, 0.6) is 0 Å². The molecule has 0 unspecified atom stereocenters. The highest BCUT2D eigenvalue weighted by Gasteiger charge is 2.26. The molecule has 10 nitrogen and oxygen atoms in total. The lowest BCUT2D eigenvalue weighted by Gasteiger charge is -2.27. The van der Waals surface area contributed by atoms with E-state index in [9.17, 15) is 14.4 Å². The Labute approximate surface area is 232 Å². The van der Waals surface area contributed by atoms with Crippen LogP contribution < -0.4 is 15.5 Å². The summed E-state index contributed by atoms with van der Waals surface area (Å²) in [7, 11) is 0. The van der Waals surface area contributed by atoms with Crippen molar-refractivity contribution in [3.05, 3.63) is 70.2 Å². The molecule has 0 saturated carbocycles. The fourth-order valence-corrected chi connectivity index (χ4v) is 5.62. The van der Waals surface area contributed by atoms with Gasteiger partial charge in [-0.1, -0.05) is 22.7 Å². The lowest BCUT2D eigenvalue weighted by molar-refractivity contribution is 0.0760. The van der Waals surface area contributed by atoms with Crippen LogP contribution in [0.3, 0.4) is 0 Å². The number of aryl methyl sites for hydroxylation is 1. The number of hydrogen-bond donors (Lipinski definition) is 2. The molecule has 2 aromatic carbocycles. The summed E-state index contributed by atoms with van der Waals surface area (Å²) in [6.07, 6.45) is 1.67. The number of hydrogen-bond acceptors (Lipinski definition) is 8. The highest BCUT2D eigenvalue weighted by Crippen LogP contribution is 2.30. The van der Waals surface area contributed by atoms with Crippen LogP contribution in [0.1, 0.15) is 48.9 Å². The molecule has 3 amide bonds. The summed E-state index contributed by atoms with van der Waals surface area (Å²) in [4.78, 5) is 46.1. The molecule has 0 aliphatic carbocycles. The molecule has 2 aliphatic heterocycles. The van der Waals surface area contributed by atoms with Crippen molar-refractivity contribution in [3.8, 4) is 0 Å². The molecule has 2 N–H and O–H groups in total. The second kappa shape index (κ2) is 12.4. The molecule has 2 saturated heterocycles. The Kier molecular flexibility index (Phi) is 8.48. The topological polar surface area (TPSA) is 111 Å². The van der Waals surface area contributed by atoms with E-state index in [1.807, 2.05) is 40.1 Å². The summed E-state index contributed by atoms with van der Waals surface area (Å²) < 4.78 is 3.91. The van der Waals surface area contributed by atoms with E-state index in [-0.39, 0.29) is 17.7 Å². The van der Waals surface area contributed by atoms with Gasteiger partial charge in [0.25, 0.3) is 17.7 Å². The third-order valence-electron chi connectivity index (χ3n) is 7.12. The molecule has 204 valence electrons. The average molecular weight is 548 g/mol. The van der Waals surface area contributed by atoms with E-state index < -0.39 is 0 Å². The zero-order valence-corrected chi connectivity index (χ0v) is 22.9. The fraction of sp³-hybridized carbons (Fsp3) is 0.393. The van der Waals surface area contributed by atoms with Gasteiger partial charge in [-0.15, -0.1) is 5.10 Å². The van der Waals surface area contributed by atoms with Crippen LogP contribution >= 0.6 is 11.5 Å². The van der Waals surface area contributed by atoms with E-state index in [1.165, 1.54) is 0 Å². The maximum absolute atomic E-state index is 13.4. The van der Waals surface area contributed by atoms with Gasteiger partial charge >= 0.3 is 0 Å². The molecule has 0 atom stereocenters. The Balaban J connectivity index is 1.39. The van der Waals surface area contributed by atoms with Gasteiger partial charge in [-0.2, -0.15) is 0 Å². The minimum Gasteiger partial charge on any atom is -0.368 e. The predicted molar refractivity (Wildman–Crippen MR) is 152 cm³/mol. The number of amides is 3. The smallest absolute Gasteiger partial charge is 0.267 e. The quantitative estimate of drug-likeness (QED) is 0.505. The third kappa shape index (κ3) is 6.26. The number of benzene rings is 2. The van der Waals surface area contributed by atoms with Gasteiger partial charge in [0.2, 0.25) is 0 Å². The molecule has 39 heavy (non-hydrogen) atoms. The van der Waals surface area contributed by atoms with Gasteiger partial charge in [0.1, 0.15) is 4.88 Å². The highest BCUT2D eigenvalue weighted by molar-refractivity contribution is 7.07. The van der Waals surface area contributed by atoms with Gasteiger partial charge in [-0.3, -0.25) is 14.4 Å². The van der Waals surface area contributed by atoms with Crippen LogP contribution in [0.15, 0.2) is 48.5 Å². The van der Waals surface area contributed by atoms with Gasteiger partial charge in [0.05, 0.1) is 17.1 Å². The Morgan fingerprint density at radius 2 is 1.64 bits per heavy atom. The molecule has 1 aromatic heterocycles. The van der Waals surface area contributed by atoms with Crippen molar-refractivity contribution in [2.75, 3.05) is 62.6 Å². The van der Waals surface area contributed by atoms with Crippen molar-refractivity contribution in [2.45, 2.75) is 19.8 Å². The Hall–Kier alpha value is -3.83. The molecule has 0 radical (unpaired) electrons. The van der Waals surface area contributed by atoms with Crippen LogP contribution in [0, 0.1) is 6.92 Å². The molecule has 2 aliphatic rings. The zero-order chi connectivity index (χ0) is 27.2. The fourth-order valence-electron chi connectivity index (χ4n) is 4.99. The molecule has 3 heterocycles.